The van der Waals surface area contributed by atoms with Crippen LogP contribution in [0.2, 0.25) is 0 Å². The number of amides is 1. The van der Waals surface area contributed by atoms with E-state index in [0.717, 1.165) is 5.56 Å². The molecule has 2 aromatic rings. The highest BCUT2D eigenvalue weighted by molar-refractivity contribution is 6.08. The minimum Gasteiger partial charge on any atom is -0.390 e. The summed E-state index contributed by atoms with van der Waals surface area (Å²) in [5.74, 6) is -0.308. The maximum absolute atomic E-state index is 13.1. The molecule has 1 aromatic carbocycles. The summed E-state index contributed by atoms with van der Waals surface area (Å²) < 4.78 is 39.2. The minimum atomic E-state index is -4.61. The SMILES string of the molecule is C[C@@H](NC(=O)Cc1cc2c(c(CO)n1)C(C(F)(F)F)=NC2)c1ccccc1. The van der Waals surface area contributed by atoms with Gasteiger partial charge in [-0.05, 0) is 24.1 Å². The van der Waals surface area contributed by atoms with Crippen LogP contribution in [0, 0.1) is 0 Å². The van der Waals surface area contributed by atoms with Gasteiger partial charge in [-0.25, -0.2) is 0 Å². The molecular weight excluding hydrogens is 359 g/mol. The molecule has 2 N–H and O–H groups in total. The summed E-state index contributed by atoms with van der Waals surface area (Å²) in [6.07, 6.45) is -4.71. The Bertz CT molecular complexity index is 880. The molecular formula is C19H18F3N3O2. The lowest BCUT2D eigenvalue weighted by atomic mass is 10.0. The van der Waals surface area contributed by atoms with Gasteiger partial charge >= 0.3 is 6.18 Å². The van der Waals surface area contributed by atoms with E-state index < -0.39 is 18.5 Å². The number of aliphatic hydroxyl groups is 1. The Hall–Kier alpha value is -2.74. The van der Waals surface area contributed by atoms with Crippen LogP contribution < -0.4 is 5.32 Å². The zero-order valence-electron chi connectivity index (χ0n) is 14.5. The summed E-state index contributed by atoms with van der Waals surface area (Å²) in [4.78, 5) is 19.9. The first-order valence-corrected chi connectivity index (χ1v) is 8.38. The maximum atomic E-state index is 13.1. The number of aliphatic hydroxyl groups excluding tert-OH is 1. The second-order valence-corrected chi connectivity index (χ2v) is 6.29. The van der Waals surface area contributed by atoms with E-state index in [9.17, 15) is 23.1 Å². The first-order valence-electron chi connectivity index (χ1n) is 8.38. The summed E-state index contributed by atoms with van der Waals surface area (Å²) in [6, 6.07) is 10.6. The van der Waals surface area contributed by atoms with Crippen LogP contribution in [0.5, 0.6) is 0 Å². The number of hydrogen-bond donors (Lipinski definition) is 2. The number of halogens is 3. The van der Waals surface area contributed by atoms with Gasteiger partial charge in [-0.2, -0.15) is 13.2 Å². The lowest BCUT2D eigenvalue weighted by Gasteiger charge is -2.15. The molecule has 0 spiro atoms. The van der Waals surface area contributed by atoms with Crippen molar-refractivity contribution in [3.05, 3.63) is 64.5 Å². The van der Waals surface area contributed by atoms with E-state index in [4.69, 9.17) is 0 Å². The molecule has 0 unspecified atom stereocenters. The largest absolute Gasteiger partial charge is 0.433 e. The standard InChI is InChI=1S/C19H18F3N3O2/c1-11(12-5-3-2-4-6-12)24-16(27)8-14-7-13-9-23-18(19(20,21)22)17(13)15(10-26)25-14/h2-7,11,26H,8-10H2,1H3,(H,24,27)/t11-/m1/s1. The molecule has 0 saturated carbocycles. The number of nitrogens with one attached hydrogen (secondary N) is 1. The normalized spacial score (nSPS) is 14.5. The highest BCUT2D eigenvalue weighted by Gasteiger charge is 2.41. The molecule has 1 amide bonds. The molecule has 27 heavy (non-hydrogen) atoms. The van der Waals surface area contributed by atoms with Gasteiger partial charge in [-0.15, -0.1) is 0 Å². The van der Waals surface area contributed by atoms with Crippen molar-refractivity contribution in [2.24, 2.45) is 4.99 Å². The summed E-state index contributed by atoms with van der Waals surface area (Å²) in [7, 11) is 0. The molecule has 0 radical (unpaired) electrons. The molecule has 0 fully saturated rings. The highest BCUT2D eigenvalue weighted by atomic mass is 19.4. The third-order valence-corrected chi connectivity index (χ3v) is 4.31. The predicted octanol–water partition coefficient (Wildman–Crippen LogP) is 2.86. The molecule has 1 aliphatic rings. The smallest absolute Gasteiger partial charge is 0.390 e. The van der Waals surface area contributed by atoms with E-state index in [0.29, 0.717) is 11.3 Å². The summed E-state index contributed by atoms with van der Waals surface area (Å²) >= 11 is 0. The van der Waals surface area contributed by atoms with Gasteiger partial charge in [0.2, 0.25) is 5.91 Å². The number of hydrogen-bond acceptors (Lipinski definition) is 4. The van der Waals surface area contributed by atoms with Crippen molar-refractivity contribution in [2.75, 3.05) is 0 Å². The van der Waals surface area contributed by atoms with Crippen LogP contribution >= 0.6 is 0 Å². The molecule has 1 aromatic heterocycles. The van der Waals surface area contributed by atoms with Gasteiger partial charge in [-0.3, -0.25) is 14.8 Å². The first kappa shape index (κ1) is 19.0. The van der Waals surface area contributed by atoms with E-state index in [1.807, 2.05) is 37.3 Å². The second-order valence-electron chi connectivity index (χ2n) is 6.29. The van der Waals surface area contributed by atoms with Crippen LogP contribution in [0.4, 0.5) is 13.2 Å². The lowest BCUT2D eigenvalue weighted by molar-refractivity contribution is -0.121. The molecule has 0 bridgehead atoms. The van der Waals surface area contributed by atoms with Crippen molar-refractivity contribution >= 4 is 11.6 Å². The van der Waals surface area contributed by atoms with Crippen LogP contribution in [0.25, 0.3) is 0 Å². The summed E-state index contributed by atoms with van der Waals surface area (Å²) in [6.45, 7) is 1.04. The quantitative estimate of drug-likeness (QED) is 0.842. The average Bonchev–Trinajstić information content (AvgIpc) is 3.06. The highest BCUT2D eigenvalue weighted by Crippen LogP contribution is 2.32. The molecule has 142 valence electrons. The van der Waals surface area contributed by atoms with Crippen molar-refractivity contribution in [2.45, 2.75) is 38.7 Å². The van der Waals surface area contributed by atoms with E-state index in [1.165, 1.54) is 6.07 Å². The number of aliphatic imine (C=N–C) groups is 1. The molecule has 1 atom stereocenters. The Morgan fingerprint density at radius 1 is 1.30 bits per heavy atom. The topological polar surface area (TPSA) is 74.6 Å². The summed E-state index contributed by atoms with van der Waals surface area (Å²) in [5, 5.41) is 12.3. The number of pyridine rings is 1. The number of rotatable bonds is 5. The number of nitrogens with zero attached hydrogens (tertiary/aromatic N) is 2. The number of alkyl halides is 3. The molecule has 8 heteroatoms. The number of aromatic nitrogens is 1. The first-order chi connectivity index (χ1) is 12.8. The van der Waals surface area contributed by atoms with Gasteiger partial charge in [0.05, 0.1) is 37.0 Å². The maximum Gasteiger partial charge on any atom is 0.433 e. The Morgan fingerprint density at radius 3 is 2.63 bits per heavy atom. The van der Waals surface area contributed by atoms with Crippen LogP contribution in [-0.2, 0) is 24.4 Å². The van der Waals surface area contributed by atoms with Crippen LogP contribution in [0.3, 0.4) is 0 Å². The lowest BCUT2D eigenvalue weighted by Crippen LogP contribution is -2.29. The summed E-state index contributed by atoms with van der Waals surface area (Å²) in [5.41, 5.74) is 0.246. The van der Waals surface area contributed by atoms with Gasteiger partial charge in [0.25, 0.3) is 0 Å². The molecule has 2 heterocycles. The van der Waals surface area contributed by atoms with Crippen molar-refractivity contribution in [1.29, 1.82) is 0 Å². The fourth-order valence-electron chi connectivity index (χ4n) is 3.10. The third-order valence-electron chi connectivity index (χ3n) is 4.31. The Morgan fingerprint density at radius 2 is 2.00 bits per heavy atom. The van der Waals surface area contributed by atoms with Gasteiger partial charge in [-0.1, -0.05) is 30.3 Å². The van der Waals surface area contributed by atoms with Crippen LogP contribution in [-0.4, -0.2) is 27.9 Å². The fraction of sp³-hybridized carbons (Fsp3) is 0.316. The Labute approximate surface area is 154 Å². The Kier molecular flexibility index (Phi) is 5.27. The predicted molar refractivity (Wildman–Crippen MR) is 93.2 cm³/mol. The Balaban J connectivity index is 1.76. The van der Waals surface area contributed by atoms with Crippen molar-refractivity contribution in [3.8, 4) is 0 Å². The minimum absolute atomic E-state index is 0.0984. The van der Waals surface area contributed by atoms with Crippen LogP contribution in [0.15, 0.2) is 41.4 Å². The van der Waals surface area contributed by atoms with E-state index in [1.54, 1.807) is 0 Å². The second kappa shape index (κ2) is 7.48. The molecule has 1 aliphatic heterocycles. The van der Waals surface area contributed by atoms with E-state index in [-0.39, 0.29) is 36.2 Å². The zero-order chi connectivity index (χ0) is 19.6. The number of carbonyl (C=O) groups is 1. The van der Waals surface area contributed by atoms with Crippen molar-refractivity contribution < 1.29 is 23.1 Å². The van der Waals surface area contributed by atoms with Crippen molar-refractivity contribution in [3.63, 3.8) is 0 Å². The van der Waals surface area contributed by atoms with Gasteiger partial charge in [0.1, 0.15) is 5.71 Å². The van der Waals surface area contributed by atoms with Gasteiger partial charge in [0, 0.05) is 5.56 Å². The van der Waals surface area contributed by atoms with Crippen molar-refractivity contribution in [1.82, 2.24) is 10.3 Å². The fourth-order valence-corrected chi connectivity index (χ4v) is 3.10. The van der Waals surface area contributed by atoms with E-state index in [2.05, 4.69) is 15.3 Å². The van der Waals surface area contributed by atoms with Crippen LogP contribution in [0.1, 0.15) is 41.0 Å². The molecule has 0 saturated heterocycles. The molecule has 0 aliphatic carbocycles. The number of benzene rings is 1. The average molecular weight is 377 g/mol. The molecule has 5 nitrogen and oxygen atoms in total. The number of carbonyl (C=O) groups excluding carboxylic acids is 1. The monoisotopic (exact) mass is 377 g/mol. The van der Waals surface area contributed by atoms with Gasteiger partial charge in [0.15, 0.2) is 0 Å². The molecule has 3 rings (SSSR count). The van der Waals surface area contributed by atoms with E-state index >= 15 is 0 Å². The third kappa shape index (κ3) is 4.16. The zero-order valence-corrected chi connectivity index (χ0v) is 14.5. The van der Waals surface area contributed by atoms with Gasteiger partial charge < -0.3 is 10.4 Å². The number of fused-ring (bicyclic) bond motifs is 1.